The van der Waals surface area contributed by atoms with E-state index >= 15 is 0 Å². The second kappa shape index (κ2) is 7.02. The summed E-state index contributed by atoms with van der Waals surface area (Å²) in [5.74, 6) is -0.809. The van der Waals surface area contributed by atoms with Crippen LogP contribution in [0, 0.1) is 12.8 Å². The second-order valence-corrected chi connectivity index (χ2v) is 6.11. The molecule has 1 aromatic rings. The van der Waals surface area contributed by atoms with Gasteiger partial charge in [-0.15, -0.1) is 11.3 Å². The summed E-state index contributed by atoms with van der Waals surface area (Å²) < 4.78 is 10.3. The van der Waals surface area contributed by atoms with Gasteiger partial charge in [-0.1, -0.05) is 0 Å². The zero-order valence-electron chi connectivity index (χ0n) is 12.4. The summed E-state index contributed by atoms with van der Waals surface area (Å²) in [6, 6.07) is 1.73. The van der Waals surface area contributed by atoms with E-state index in [0.29, 0.717) is 30.4 Å². The number of carbonyl (C=O) groups is 2. The van der Waals surface area contributed by atoms with Gasteiger partial charge in [0.05, 0.1) is 31.3 Å². The molecule has 1 amide bonds. The molecule has 0 spiro atoms. The van der Waals surface area contributed by atoms with Gasteiger partial charge in [0.25, 0.3) is 0 Å². The molecule has 1 fully saturated rings. The highest BCUT2D eigenvalue weighted by Gasteiger charge is 2.33. The molecule has 1 aliphatic heterocycles. The van der Waals surface area contributed by atoms with E-state index in [1.165, 1.54) is 11.3 Å². The van der Waals surface area contributed by atoms with Crippen molar-refractivity contribution >= 4 is 28.2 Å². The fraction of sp³-hybridized carbons (Fsp3) is 0.571. The van der Waals surface area contributed by atoms with Gasteiger partial charge < -0.3 is 20.1 Å². The minimum absolute atomic E-state index is 0.00268. The van der Waals surface area contributed by atoms with Crippen LogP contribution in [0.2, 0.25) is 0 Å². The molecule has 2 heterocycles. The van der Waals surface area contributed by atoms with Crippen LogP contribution in [0.1, 0.15) is 22.2 Å². The van der Waals surface area contributed by atoms with Crippen molar-refractivity contribution in [2.75, 3.05) is 32.2 Å². The quantitative estimate of drug-likeness (QED) is 0.804. The smallest absolute Gasteiger partial charge is 0.341 e. The molecule has 0 aliphatic carbocycles. The number of hydrogen-bond donors (Lipinski definition) is 2. The molecule has 2 N–H and O–H groups in total. The Morgan fingerprint density at radius 2 is 2.24 bits per heavy atom. The standard InChI is InChI=1S/C14H20N2O4S/c1-4-20-14(18)9-5-8(2)21-13(9)16-12(17)10-6-19-7-11(10)15-3/h5,10-11,15H,4,6-7H2,1-3H3,(H,16,17). The van der Waals surface area contributed by atoms with Crippen LogP contribution < -0.4 is 10.6 Å². The average Bonchev–Trinajstić information content (AvgIpc) is 3.05. The minimum atomic E-state index is -0.412. The van der Waals surface area contributed by atoms with Crippen LogP contribution in [-0.4, -0.2) is 44.8 Å². The van der Waals surface area contributed by atoms with Crippen molar-refractivity contribution in [2.45, 2.75) is 19.9 Å². The molecular weight excluding hydrogens is 292 g/mol. The van der Waals surface area contributed by atoms with Crippen molar-refractivity contribution in [1.82, 2.24) is 5.32 Å². The van der Waals surface area contributed by atoms with Crippen molar-refractivity contribution < 1.29 is 19.1 Å². The number of ether oxygens (including phenoxy) is 2. The maximum absolute atomic E-state index is 12.3. The number of carbonyl (C=O) groups excluding carboxylic acids is 2. The van der Waals surface area contributed by atoms with Crippen LogP contribution in [0.15, 0.2) is 6.07 Å². The topological polar surface area (TPSA) is 76.7 Å². The molecule has 1 aromatic heterocycles. The Balaban J connectivity index is 2.12. The van der Waals surface area contributed by atoms with Gasteiger partial charge in [0, 0.05) is 10.9 Å². The summed E-state index contributed by atoms with van der Waals surface area (Å²) in [6.45, 7) is 4.85. The first kappa shape index (κ1) is 15.9. The van der Waals surface area contributed by atoms with Crippen molar-refractivity contribution in [1.29, 1.82) is 0 Å². The molecule has 2 atom stereocenters. The third kappa shape index (κ3) is 3.61. The van der Waals surface area contributed by atoms with E-state index in [2.05, 4.69) is 10.6 Å². The number of amides is 1. The third-order valence-corrected chi connectivity index (χ3v) is 4.34. The maximum Gasteiger partial charge on any atom is 0.341 e. The Morgan fingerprint density at radius 3 is 2.90 bits per heavy atom. The van der Waals surface area contributed by atoms with Crippen molar-refractivity contribution in [3.05, 3.63) is 16.5 Å². The fourth-order valence-electron chi connectivity index (χ4n) is 2.27. The van der Waals surface area contributed by atoms with Gasteiger partial charge in [-0.2, -0.15) is 0 Å². The van der Waals surface area contributed by atoms with E-state index in [-0.39, 0.29) is 17.9 Å². The van der Waals surface area contributed by atoms with E-state index < -0.39 is 5.97 Å². The fourth-order valence-corrected chi connectivity index (χ4v) is 3.17. The van der Waals surface area contributed by atoms with Gasteiger partial charge in [0.1, 0.15) is 5.00 Å². The lowest BCUT2D eigenvalue weighted by Crippen LogP contribution is -2.39. The zero-order chi connectivity index (χ0) is 15.4. The average molecular weight is 312 g/mol. The number of rotatable bonds is 5. The van der Waals surface area contributed by atoms with Crippen LogP contribution in [0.3, 0.4) is 0 Å². The molecule has 7 heteroatoms. The summed E-state index contributed by atoms with van der Waals surface area (Å²) in [6.07, 6.45) is 0. The van der Waals surface area contributed by atoms with E-state index in [4.69, 9.17) is 9.47 Å². The molecule has 116 valence electrons. The molecule has 0 aromatic carbocycles. The molecule has 0 bridgehead atoms. The molecule has 0 saturated carbocycles. The SMILES string of the molecule is CCOC(=O)c1cc(C)sc1NC(=O)C1COCC1NC. The first-order chi connectivity index (χ1) is 10.1. The molecule has 0 radical (unpaired) electrons. The van der Waals surface area contributed by atoms with Gasteiger partial charge in [0.2, 0.25) is 5.91 Å². The van der Waals surface area contributed by atoms with Gasteiger partial charge in [0.15, 0.2) is 0 Å². The number of hydrogen-bond acceptors (Lipinski definition) is 6. The van der Waals surface area contributed by atoms with E-state index in [9.17, 15) is 9.59 Å². The highest BCUT2D eigenvalue weighted by atomic mass is 32.1. The summed E-state index contributed by atoms with van der Waals surface area (Å²) in [4.78, 5) is 25.2. The van der Waals surface area contributed by atoms with E-state index in [1.54, 1.807) is 20.0 Å². The molecule has 1 aliphatic rings. The van der Waals surface area contributed by atoms with Gasteiger partial charge in [-0.05, 0) is 27.0 Å². The lowest BCUT2D eigenvalue weighted by Gasteiger charge is -2.16. The highest BCUT2D eigenvalue weighted by molar-refractivity contribution is 7.16. The summed E-state index contributed by atoms with van der Waals surface area (Å²) in [5, 5.41) is 6.44. The monoisotopic (exact) mass is 312 g/mol. The lowest BCUT2D eigenvalue weighted by atomic mass is 10.0. The van der Waals surface area contributed by atoms with Crippen molar-refractivity contribution in [3.8, 4) is 0 Å². The molecular formula is C14H20N2O4S. The first-order valence-electron chi connectivity index (χ1n) is 6.90. The minimum Gasteiger partial charge on any atom is -0.462 e. The summed E-state index contributed by atoms with van der Waals surface area (Å²) in [5.41, 5.74) is 0.410. The Bertz CT molecular complexity index is 529. The third-order valence-electron chi connectivity index (χ3n) is 3.38. The Kier molecular flexibility index (Phi) is 5.33. The Labute approximate surface area is 127 Å². The van der Waals surface area contributed by atoms with Crippen LogP contribution in [0.25, 0.3) is 0 Å². The largest absolute Gasteiger partial charge is 0.462 e. The normalized spacial score (nSPS) is 21.3. The molecule has 6 nitrogen and oxygen atoms in total. The number of likely N-dealkylation sites (N-methyl/N-ethyl adjacent to an activating group) is 1. The van der Waals surface area contributed by atoms with Gasteiger partial charge >= 0.3 is 5.97 Å². The number of nitrogens with one attached hydrogen (secondary N) is 2. The summed E-state index contributed by atoms with van der Waals surface area (Å²) in [7, 11) is 1.80. The highest BCUT2D eigenvalue weighted by Crippen LogP contribution is 2.29. The number of thiophene rings is 1. The van der Waals surface area contributed by atoms with Crippen LogP contribution in [0.4, 0.5) is 5.00 Å². The maximum atomic E-state index is 12.3. The molecule has 21 heavy (non-hydrogen) atoms. The Hall–Kier alpha value is -1.44. The molecule has 2 rings (SSSR count). The number of anilines is 1. The van der Waals surface area contributed by atoms with Crippen molar-refractivity contribution in [2.24, 2.45) is 5.92 Å². The first-order valence-corrected chi connectivity index (χ1v) is 7.71. The predicted octanol–water partition coefficient (Wildman–Crippen LogP) is 1.41. The van der Waals surface area contributed by atoms with Crippen LogP contribution >= 0.6 is 11.3 Å². The van der Waals surface area contributed by atoms with Gasteiger partial charge in [-0.25, -0.2) is 4.79 Å². The van der Waals surface area contributed by atoms with Crippen LogP contribution in [-0.2, 0) is 14.3 Å². The van der Waals surface area contributed by atoms with E-state index in [1.807, 2.05) is 6.92 Å². The number of aryl methyl sites for hydroxylation is 1. The Morgan fingerprint density at radius 1 is 1.48 bits per heavy atom. The van der Waals surface area contributed by atoms with E-state index in [0.717, 1.165) is 4.88 Å². The predicted molar refractivity (Wildman–Crippen MR) is 80.8 cm³/mol. The lowest BCUT2D eigenvalue weighted by molar-refractivity contribution is -0.120. The van der Waals surface area contributed by atoms with Crippen molar-refractivity contribution in [3.63, 3.8) is 0 Å². The zero-order valence-corrected chi connectivity index (χ0v) is 13.2. The second-order valence-electron chi connectivity index (χ2n) is 4.85. The molecule has 2 unspecified atom stereocenters. The van der Waals surface area contributed by atoms with Crippen LogP contribution in [0.5, 0.6) is 0 Å². The summed E-state index contributed by atoms with van der Waals surface area (Å²) >= 11 is 1.37. The number of esters is 1. The van der Waals surface area contributed by atoms with Gasteiger partial charge in [-0.3, -0.25) is 4.79 Å². The molecule has 1 saturated heterocycles.